The van der Waals surface area contributed by atoms with Crippen LogP contribution in [-0.2, 0) is 0 Å². The summed E-state index contributed by atoms with van der Waals surface area (Å²) in [6.07, 6.45) is 0. The Balaban J connectivity index is 2.37. The van der Waals surface area contributed by atoms with Crippen molar-refractivity contribution in [3.8, 4) is 0 Å². The summed E-state index contributed by atoms with van der Waals surface area (Å²) in [5.41, 5.74) is 10.2. The van der Waals surface area contributed by atoms with Crippen LogP contribution in [0.5, 0.6) is 0 Å². The molecule has 0 atom stereocenters. The van der Waals surface area contributed by atoms with Gasteiger partial charge < -0.3 is 11.1 Å². The van der Waals surface area contributed by atoms with Crippen molar-refractivity contribution in [1.82, 2.24) is 0 Å². The summed E-state index contributed by atoms with van der Waals surface area (Å²) >= 11 is 3.19. The zero-order valence-corrected chi connectivity index (χ0v) is 11.8. The van der Waals surface area contributed by atoms with E-state index >= 15 is 0 Å². The predicted octanol–water partition coefficient (Wildman–Crippen LogP) is 4.53. The number of nitrogen functional groups attached to an aromatic ring is 1. The number of halogens is 2. The molecule has 0 aliphatic heterocycles. The first-order chi connectivity index (χ1) is 8.47. The lowest BCUT2D eigenvalue weighted by atomic mass is 10.1. The fourth-order valence-corrected chi connectivity index (χ4v) is 2.10. The molecule has 2 aromatic rings. The van der Waals surface area contributed by atoms with Crippen LogP contribution in [0.1, 0.15) is 11.1 Å². The van der Waals surface area contributed by atoms with Gasteiger partial charge in [0.2, 0.25) is 0 Å². The Morgan fingerprint density at radius 1 is 1.06 bits per heavy atom. The van der Waals surface area contributed by atoms with Gasteiger partial charge in [0.15, 0.2) is 0 Å². The molecule has 0 spiro atoms. The number of hydrogen-bond acceptors (Lipinski definition) is 2. The second-order valence-corrected chi connectivity index (χ2v) is 5.13. The molecular formula is C14H14BrFN2. The molecule has 3 N–H and O–H groups in total. The van der Waals surface area contributed by atoms with Gasteiger partial charge in [0.25, 0.3) is 0 Å². The molecule has 0 unspecified atom stereocenters. The highest BCUT2D eigenvalue weighted by Crippen LogP contribution is 2.28. The van der Waals surface area contributed by atoms with Crippen LogP contribution in [0.3, 0.4) is 0 Å². The van der Waals surface area contributed by atoms with Crippen LogP contribution in [0.4, 0.5) is 21.5 Å². The van der Waals surface area contributed by atoms with E-state index in [0.29, 0.717) is 4.47 Å². The van der Waals surface area contributed by atoms with E-state index in [4.69, 9.17) is 5.73 Å². The van der Waals surface area contributed by atoms with Gasteiger partial charge in [-0.1, -0.05) is 0 Å². The molecule has 18 heavy (non-hydrogen) atoms. The molecule has 0 aromatic heterocycles. The third-order valence-corrected chi connectivity index (χ3v) is 3.39. The SMILES string of the molecule is Cc1cc(N)ccc1Nc1cc(Br)c(F)cc1C. The zero-order valence-electron chi connectivity index (χ0n) is 10.2. The van der Waals surface area contributed by atoms with Crippen LogP contribution in [0.2, 0.25) is 0 Å². The second-order valence-electron chi connectivity index (χ2n) is 4.28. The fraction of sp³-hybridized carbons (Fsp3) is 0.143. The van der Waals surface area contributed by atoms with Gasteiger partial charge in [0.05, 0.1) is 4.47 Å². The van der Waals surface area contributed by atoms with Crippen molar-refractivity contribution in [2.75, 3.05) is 11.1 Å². The molecule has 0 fully saturated rings. The third-order valence-electron chi connectivity index (χ3n) is 2.79. The van der Waals surface area contributed by atoms with Gasteiger partial charge >= 0.3 is 0 Å². The maximum absolute atomic E-state index is 13.3. The Hall–Kier alpha value is -1.55. The number of aryl methyl sites for hydroxylation is 2. The largest absolute Gasteiger partial charge is 0.399 e. The van der Waals surface area contributed by atoms with Gasteiger partial charge in [-0.3, -0.25) is 0 Å². The molecule has 2 nitrogen and oxygen atoms in total. The van der Waals surface area contributed by atoms with Crippen LogP contribution in [0, 0.1) is 19.7 Å². The molecule has 2 rings (SSSR count). The first kappa shape index (κ1) is 12.9. The smallest absolute Gasteiger partial charge is 0.137 e. The lowest BCUT2D eigenvalue weighted by molar-refractivity contribution is 0.620. The molecular weight excluding hydrogens is 295 g/mol. The Morgan fingerprint density at radius 3 is 2.39 bits per heavy atom. The topological polar surface area (TPSA) is 38.0 Å². The van der Waals surface area contributed by atoms with Crippen molar-refractivity contribution in [3.63, 3.8) is 0 Å². The van der Waals surface area contributed by atoms with Crippen molar-refractivity contribution in [3.05, 3.63) is 51.7 Å². The van der Waals surface area contributed by atoms with E-state index in [1.807, 2.05) is 32.0 Å². The highest BCUT2D eigenvalue weighted by atomic mass is 79.9. The van der Waals surface area contributed by atoms with Crippen molar-refractivity contribution >= 4 is 33.0 Å². The minimum absolute atomic E-state index is 0.257. The number of anilines is 3. The predicted molar refractivity (Wildman–Crippen MR) is 77.7 cm³/mol. The van der Waals surface area contributed by atoms with Crippen LogP contribution in [0.25, 0.3) is 0 Å². The molecule has 0 amide bonds. The minimum Gasteiger partial charge on any atom is -0.399 e. The molecule has 0 saturated heterocycles. The third kappa shape index (κ3) is 2.64. The zero-order chi connectivity index (χ0) is 13.3. The normalized spacial score (nSPS) is 10.4. The van der Waals surface area contributed by atoms with Gasteiger partial charge in [0, 0.05) is 17.1 Å². The van der Waals surface area contributed by atoms with Crippen LogP contribution in [-0.4, -0.2) is 0 Å². The van der Waals surface area contributed by atoms with E-state index < -0.39 is 0 Å². The fourth-order valence-electron chi connectivity index (χ4n) is 1.75. The number of hydrogen-bond donors (Lipinski definition) is 2. The van der Waals surface area contributed by atoms with Crippen LogP contribution < -0.4 is 11.1 Å². The Labute approximate surface area is 114 Å². The summed E-state index contributed by atoms with van der Waals surface area (Å²) in [6, 6.07) is 8.89. The van der Waals surface area contributed by atoms with E-state index in [-0.39, 0.29) is 5.82 Å². The molecule has 0 aliphatic rings. The monoisotopic (exact) mass is 308 g/mol. The van der Waals surface area contributed by atoms with Crippen molar-refractivity contribution in [1.29, 1.82) is 0 Å². The summed E-state index contributed by atoms with van der Waals surface area (Å²) < 4.78 is 13.8. The Kier molecular flexibility index (Phi) is 3.57. The number of benzene rings is 2. The maximum atomic E-state index is 13.3. The summed E-state index contributed by atoms with van der Waals surface area (Å²) in [7, 11) is 0. The van der Waals surface area contributed by atoms with Gasteiger partial charge in [0.1, 0.15) is 5.82 Å². The van der Waals surface area contributed by atoms with Crippen LogP contribution >= 0.6 is 15.9 Å². The molecule has 0 radical (unpaired) electrons. The van der Waals surface area contributed by atoms with E-state index in [1.165, 1.54) is 6.07 Å². The Bertz CT molecular complexity index is 597. The Morgan fingerprint density at radius 2 is 1.72 bits per heavy atom. The van der Waals surface area contributed by atoms with E-state index in [9.17, 15) is 4.39 Å². The van der Waals surface area contributed by atoms with E-state index in [1.54, 1.807) is 6.07 Å². The first-order valence-electron chi connectivity index (χ1n) is 5.56. The van der Waals surface area contributed by atoms with Crippen molar-refractivity contribution < 1.29 is 4.39 Å². The van der Waals surface area contributed by atoms with Crippen LogP contribution in [0.15, 0.2) is 34.8 Å². The first-order valence-corrected chi connectivity index (χ1v) is 6.35. The molecule has 0 heterocycles. The molecule has 0 aliphatic carbocycles. The summed E-state index contributed by atoms with van der Waals surface area (Å²) in [6.45, 7) is 3.84. The lowest BCUT2D eigenvalue weighted by Gasteiger charge is -2.13. The highest BCUT2D eigenvalue weighted by Gasteiger charge is 2.06. The van der Waals surface area contributed by atoms with Gasteiger partial charge in [-0.15, -0.1) is 0 Å². The quantitative estimate of drug-likeness (QED) is 0.800. The average molecular weight is 309 g/mol. The number of nitrogens with two attached hydrogens (primary N) is 1. The van der Waals surface area contributed by atoms with Gasteiger partial charge in [-0.25, -0.2) is 4.39 Å². The minimum atomic E-state index is -0.257. The number of rotatable bonds is 2. The molecule has 0 bridgehead atoms. The molecule has 0 saturated carbocycles. The number of nitrogens with one attached hydrogen (secondary N) is 1. The van der Waals surface area contributed by atoms with Crippen molar-refractivity contribution in [2.24, 2.45) is 0 Å². The summed E-state index contributed by atoms with van der Waals surface area (Å²) in [5.74, 6) is -0.257. The van der Waals surface area contributed by atoms with E-state index in [0.717, 1.165) is 28.2 Å². The highest BCUT2D eigenvalue weighted by molar-refractivity contribution is 9.10. The second kappa shape index (κ2) is 4.98. The summed E-state index contributed by atoms with van der Waals surface area (Å²) in [4.78, 5) is 0. The standard InChI is InChI=1S/C14H14BrFN2/c1-8-5-10(17)3-4-13(8)18-14-7-11(15)12(16)6-9(14)2/h3-7,18H,17H2,1-2H3. The maximum Gasteiger partial charge on any atom is 0.137 e. The average Bonchev–Trinajstić information content (AvgIpc) is 2.29. The van der Waals surface area contributed by atoms with Crippen molar-refractivity contribution in [2.45, 2.75) is 13.8 Å². The molecule has 4 heteroatoms. The molecule has 2 aromatic carbocycles. The lowest BCUT2D eigenvalue weighted by Crippen LogP contribution is -1.97. The molecule has 94 valence electrons. The van der Waals surface area contributed by atoms with Gasteiger partial charge in [-0.2, -0.15) is 0 Å². The van der Waals surface area contributed by atoms with Gasteiger partial charge in [-0.05, 0) is 71.2 Å². The van der Waals surface area contributed by atoms with E-state index in [2.05, 4.69) is 21.2 Å². The summed E-state index contributed by atoms with van der Waals surface area (Å²) in [5, 5.41) is 3.28.